The summed E-state index contributed by atoms with van der Waals surface area (Å²) in [6.45, 7) is 5.32. The van der Waals surface area contributed by atoms with Gasteiger partial charge in [0.2, 0.25) is 5.75 Å². The topological polar surface area (TPSA) is 78.8 Å². The molecule has 1 unspecified atom stereocenters. The monoisotopic (exact) mass is 337 g/mol. The number of aromatic hydroxyl groups is 2. The molecule has 5 nitrogen and oxygen atoms in total. The second-order valence-electron chi connectivity index (χ2n) is 4.77. The molecule has 1 aliphatic rings. The summed E-state index contributed by atoms with van der Waals surface area (Å²) in [4.78, 5) is 11.3. The first kappa shape index (κ1) is 19.1. The number of phenols is 2. The molecular formula is C17H23NO4S. The Morgan fingerprint density at radius 2 is 2.26 bits per heavy atom. The normalized spacial score (nSPS) is 16.7. The number of ether oxygens (including phenoxy) is 1. The fourth-order valence-corrected chi connectivity index (χ4v) is 2.79. The summed E-state index contributed by atoms with van der Waals surface area (Å²) in [5.74, 6) is 1.58. The summed E-state index contributed by atoms with van der Waals surface area (Å²) < 4.78 is 4.80. The molecule has 1 aliphatic heterocycles. The average Bonchev–Trinajstić information content (AvgIpc) is 3.08. The van der Waals surface area contributed by atoms with Crippen LogP contribution in [0.15, 0.2) is 36.9 Å². The Bertz CT molecular complexity index is 566. The summed E-state index contributed by atoms with van der Waals surface area (Å²) in [5.41, 5.74) is 0.333. The number of carbonyl (C=O) groups is 1. The van der Waals surface area contributed by atoms with E-state index >= 15 is 0 Å². The highest BCUT2D eigenvalue weighted by Crippen LogP contribution is 2.36. The lowest BCUT2D eigenvalue weighted by atomic mass is 10.1. The number of hydrogen-bond acceptors (Lipinski definition) is 6. The molecule has 1 atom stereocenters. The molecule has 0 radical (unpaired) electrons. The van der Waals surface area contributed by atoms with E-state index in [1.807, 2.05) is 23.9 Å². The maximum atomic E-state index is 11.3. The van der Waals surface area contributed by atoms with E-state index in [1.54, 1.807) is 6.92 Å². The van der Waals surface area contributed by atoms with Crippen LogP contribution >= 0.6 is 11.8 Å². The van der Waals surface area contributed by atoms with Crippen molar-refractivity contribution in [2.75, 3.05) is 18.7 Å². The quantitative estimate of drug-likeness (QED) is 0.435. The Morgan fingerprint density at radius 1 is 1.52 bits per heavy atom. The van der Waals surface area contributed by atoms with E-state index in [4.69, 9.17) is 4.74 Å². The summed E-state index contributed by atoms with van der Waals surface area (Å²) in [5, 5.41) is 21.9. The molecule has 23 heavy (non-hydrogen) atoms. The van der Waals surface area contributed by atoms with Gasteiger partial charge in [-0.1, -0.05) is 31.7 Å². The van der Waals surface area contributed by atoms with E-state index in [1.165, 1.54) is 25.0 Å². The number of rotatable bonds is 5. The fourth-order valence-electron chi connectivity index (χ4n) is 1.86. The van der Waals surface area contributed by atoms with Crippen molar-refractivity contribution in [3.63, 3.8) is 0 Å². The zero-order chi connectivity index (χ0) is 17.2. The van der Waals surface area contributed by atoms with Gasteiger partial charge in [-0.3, -0.25) is 4.79 Å². The fraction of sp³-hybridized carbons (Fsp3) is 0.353. The van der Waals surface area contributed by atoms with Gasteiger partial charge in [0.1, 0.15) is 0 Å². The van der Waals surface area contributed by atoms with Gasteiger partial charge in [0, 0.05) is 29.7 Å². The second-order valence-corrected chi connectivity index (χ2v) is 5.80. The van der Waals surface area contributed by atoms with E-state index in [0.717, 1.165) is 5.88 Å². The van der Waals surface area contributed by atoms with Crippen molar-refractivity contribution in [3.8, 4) is 17.2 Å². The van der Waals surface area contributed by atoms with Crippen LogP contribution in [-0.4, -0.2) is 40.8 Å². The lowest BCUT2D eigenvalue weighted by Crippen LogP contribution is -2.20. The van der Waals surface area contributed by atoms with Gasteiger partial charge in [-0.2, -0.15) is 0 Å². The van der Waals surface area contributed by atoms with Crippen molar-refractivity contribution in [1.29, 1.82) is 0 Å². The maximum absolute atomic E-state index is 11.3. The molecule has 2 rings (SSSR count). The largest absolute Gasteiger partial charge is 0.504 e. The predicted molar refractivity (Wildman–Crippen MR) is 94.5 cm³/mol. The van der Waals surface area contributed by atoms with Crippen LogP contribution in [0.5, 0.6) is 17.2 Å². The van der Waals surface area contributed by atoms with E-state index in [2.05, 4.69) is 18.0 Å². The van der Waals surface area contributed by atoms with Crippen molar-refractivity contribution in [1.82, 2.24) is 5.32 Å². The van der Waals surface area contributed by atoms with Crippen LogP contribution in [0.2, 0.25) is 0 Å². The van der Waals surface area contributed by atoms with Crippen molar-refractivity contribution in [2.45, 2.75) is 19.4 Å². The Kier molecular flexibility index (Phi) is 8.29. The Hall–Kier alpha value is -1.92. The second kappa shape index (κ2) is 9.97. The zero-order valence-electron chi connectivity index (χ0n) is 13.4. The Labute approximate surface area is 141 Å². The number of methoxy groups -OCH3 is 1. The molecule has 0 amide bonds. The lowest BCUT2D eigenvalue weighted by Gasteiger charge is -2.07. The molecule has 3 N–H and O–H groups in total. The van der Waals surface area contributed by atoms with Crippen LogP contribution in [0.3, 0.4) is 0 Å². The van der Waals surface area contributed by atoms with Crippen LogP contribution in [-0.2, 0) is 0 Å². The van der Waals surface area contributed by atoms with E-state index in [0.29, 0.717) is 18.0 Å². The van der Waals surface area contributed by atoms with Crippen LogP contribution in [0.1, 0.15) is 23.7 Å². The molecule has 1 aromatic rings. The minimum atomic E-state index is -0.347. The molecular weight excluding hydrogens is 314 g/mol. The van der Waals surface area contributed by atoms with Gasteiger partial charge in [0.15, 0.2) is 17.3 Å². The standard InChI is InChI=1S/C10H12O4.C7H11NS/c1-3-7(11)6-4-8(12)10(13)9(5-6)14-2;1-2-3-4-7-5-9-6-8-7/h4-5,12-13H,3H2,1-2H3;2-4,7-8H,1,5-6H2/b;4-3+. The van der Waals surface area contributed by atoms with Gasteiger partial charge in [-0.05, 0) is 12.1 Å². The van der Waals surface area contributed by atoms with Crippen molar-refractivity contribution >= 4 is 17.5 Å². The molecule has 0 bridgehead atoms. The van der Waals surface area contributed by atoms with E-state index in [9.17, 15) is 15.0 Å². The van der Waals surface area contributed by atoms with Gasteiger partial charge in [-0.25, -0.2) is 0 Å². The first-order valence-corrected chi connectivity index (χ1v) is 8.42. The minimum Gasteiger partial charge on any atom is -0.504 e. The van der Waals surface area contributed by atoms with Gasteiger partial charge in [-0.15, -0.1) is 11.8 Å². The van der Waals surface area contributed by atoms with Crippen molar-refractivity contribution in [3.05, 3.63) is 42.5 Å². The van der Waals surface area contributed by atoms with Crippen LogP contribution in [0, 0.1) is 0 Å². The highest BCUT2D eigenvalue weighted by atomic mass is 32.2. The van der Waals surface area contributed by atoms with E-state index < -0.39 is 0 Å². The van der Waals surface area contributed by atoms with Crippen molar-refractivity contribution < 1.29 is 19.7 Å². The Morgan fingerprint density at radius 3 is 2.78 bits per heavy atom. The smallest absolute Gasteiger partial charge is 0.200 e. The first-order chi connectivity index (χ1) is 11.0. The lowest BCUT2D eigenvalue weighted by molar-refractivity contribution is 0.0987. The molecule has 0 spiro atoms. The Balaban J connectivity index is 0.000000253. The number of benzene rings is 1. The molecule has 1 aromatic carbocycles. The number of nitrogens with one attached hydrogen (secondary N) is 1. The molecule has 1 saturated heterocycles. The molecule has 126 valence electrons. The van der Waals surface area contributed by atoms with Crippen molar-refractivity contribution in [2.24, 2.45) is 0 Å². The summed E-state index contributed by atoms with van der Waals surface area (Å²) in [6.07, 6.45) is 6.29. The number of phenolic OH excluding ortho intramolecular Hbond substituents is 2. The van der Waals surface area contributed by atoms with Gasteiger partial charge < -0.3 is 20.3 Å². The average molecular weight is 337 g/mol. The zero-order valence-corrected chi connectivity index (χ0v) is 14.2. The summed E-state index contributed by atoms with van der Waals surface area (Å²) in [6, 6.07) is 3.21. The molecule has 6 heteroatoms. The number of hydrogen-bond donors (Lipinski definition) is 3. The SMILES string of the molecule is C=C/C=C/C1CSCN1.CCC(=O)c1cc(O)c(O)c(OC)c1. The number of ketones is 1. The highest BCUT2D eigenvalue weighted by molar-refractivity contribution is 7.99. The van der Waals surface area contributed by atoms with E-state index in [-0.39, 0.29) is 23.0 Å². The van der Waals surface area contributed by atoms with Crippen LogP contribution < -0.4 is 10.1 Å². The summed E-state index contributed by atoms with van der Waals surface area (Å²) >= 11 is 1.94. The molecule has 1 heterocycles. The summed E-state index contributed by atoms with van der Waals surface area (Å²) in [7, 11) is 1.36. The third-order valence-corrected chi connectivity index (χ3v) is 4.11. The molecule has 1 fully saturated rings. The maximum Gasteiger partial charge on any atom is 0.200 e. The predicted octanol–water partition coefficient (Wildman–Crippen LogP) is 3.09. The van der Waals surface area contributed by atoms with Crippen LogP contribution in [0.4, 0.5) is 0 Å². The third-order valence-electron chi connectivity index (χ3n) is 3.14. The number of allylic oxidation sites excluding steroid dienone is 2. The number of thioether (sulfide) groups is 1. The molecule has 0 aromatic heterocycles. The number of Topliss-reactive ketones (excluding diaryl/α,β-unsaturated/α-hetero) is 1. The highest BCUT2D eigenvalue weighted by Gasteiger charge is 2.13. The minimum absolute atomic E-state index is 0.0989. The van der Waals surface area contributed by atoms with Crippen LogP contribution in [0.25, 0.3) is 0 Å². The first-order valence-electron chi connectivity index (χ1n) is 7.27. The van der Waals surface area contributed by atoms with Gasteiger partial charge >= 0.3 is 0 Å². The van der Waals surface area contributed by atoms with Gasteiger partial charge in [0.05, 0.1) is 7.11 Å². The third kappa shape index (κ3) is 6.00. The molecule has 0 saturated carbocycles. The van der Waals surface area contributed by atoms with Gasteiger partial charge in [0.25, 0.3) is 0 Å². The number of carbonyl (C=O) groups excluding carboxylic acids is 1. The molecule has 0 aliphatic carbocycles.